The molecule has 0 saturated carbocycles. The lowest BCUT2D eigenvalue weighted by Crippen LogP contribution is -2.16. The van der Waals surface area contributed by atoms with Crippen LogP contribution in [0.5, 0.6) is 0 Å². The van der Waals surface area contributed by atoms with Gasteiger partial charge in [0.05, 0.1) is 23.9 Å². The fourth-order valence-corrected chi connectivity index (χ4v) is 2.28. The zero-order valence-electron chi connectivity index (χ0n) is 12.0. The molecule has 0 amide bonds. The Balaban J connectivity index is 1.84. The van der Waals surface area contributed by atoms with Crippen molar-refractivity contribution in [3.8, 4) is 0 Å². The number of H-pyrrole nitrogens is 1. The van der Waals surface area contributed by atoms with Gasteiger partial charge >= 0.3 is 11.9 Å². The second kappa shape index (κ2) is 5.85. The van der Waals surface area contributed by atoms with Crippen molar-refractivity contribution in [3.05, 3.63) is 42.1 Å². The number of rotatable bonds is 4. The van der Waals surface area contributed by atoms with Crippen molar-refractivity contribution in [1.29, 1.82) is 0 Å². The molecule has 22 heavy (non-hydrogen) atoms. The number of hydrogen-bond donors (Lipinski definition) is 1. The maximum Gasteiger partial charge on any atom is 0.344 e. The standard InChI is InChI=1S/C16H14N2O4/c1-2-21-14(19)9-22-16(20)11-5-6-13-10(7-11)3-4-12-8-17-18-15(12)13/h3-8H,2,9H2,1H3,(H,17,18). The quantitative estimate of drug-likeness (QED) is 0.748. The van der Waals surface area contributed by atoms with Gasteiger partial charge < -0.3 is 9.47 Å². The fourth-order valence-electron chi connectivity index (χ4n) is 2.28. The minimum Gasteiger partial charge on any atom is -0.463 e. The van der Waals surface area contributed by atoms with Crippen molar-refractivity contribution in [2.45, 2.75) is 6.92 Å². The first-order valence-electron chi connectivity index (χ1n) is 6.87. The smallest absolute Gasteiger partial charge is 0.344 e. The predicted molar refractivity (Wildman–Crippen MR) is 80.5 cm³/mol. The predicted octanol–water partition coefficient (Wildman–Crippen LogP) is 2.44. The molecule has 0 bridgehead atoms. The number of carbonyl (C=O) groups excluding carboxylic acids is 2. The number of nitrogens with zero attached hydrogens (tertiary/aromatic N) is 1. The van der Waals surface area contributed by atoms with Crippen LogP contribution in [-0.4, -0.2) is 35.3 Å². The van der Waals surface area contributed by atoms with Crippen LogP contribution in [-0.2, 0) is 14.3 Å². The van der Waals surface area contributed by atoms with Crippen molar-refractivity contribution >= 4 is 33.6 Å². The van der Waals surface area contributed by atoms with Gasteiger partial charge in [0.25, 0.3) is 0 Å². The largest absolute Gasteiger partial charge is 0.463 e. The maximum atomic E-state index is 12.0. The molecular weight excluding hydrogens is 284 g/mol. The van der Waals surface area contributed by atoms with E-state index in [0.717, 1.165) is 21.7 Å². The molecule has 6 nitrogen and oxygen atoms in total. The van der Waals surface area contributed by atoms with E-state index < -0.39 is 11.9 Å². The Labute approximate surface area is 126 Å². The number of fused-ring (bicyclic) bond motifs is 3. The van der Waals surface area contributed by atoms with Crippen LogP contribution in [0, 0.1) is 0 Å². The third-order valence-electron chi connectivity index (χ3n) is 3.29. The summed E-state index contributed by atoms with van der Waals surface area (Å²) in [6.07, 6.45) is 1.75. The molecule has 0 radical (unpaired) electrons. The molecule has 0 fully saturated rings. The summed E-state index contributed by atoms with van der Waals surface area (Å²) in [6, 6.07) is 9.06. The third-order valence-corrected chi connectivity index (χ3v) is 3.29. The Bertz CT molecular complexity index is 854. The van der Waals surface area contributed by atoms with Crippen molar-refractivity contribution < 1.29 is 19.1 Å². The Morgan fingerprint density at radius 1 is 1.14 bits per heavy atom. The first-order valence-corrected chi connectivity index (χ1v) is 6.87. The SMILES string of the molecule is CCOC(=O)COC(=O)c1ccc2c(ccc3cn[nH]c32)c1. The molecule has 0 spiro atoms. The minimum atomic E-state index is -0.559. The average Bonchev–Trinajstić information content (AvgIpc) is 3.01. The van der Waals surface area contributed by atoms with E-state index in [9.17, 15) is 9.59 Å². The van der Waals surface area contributed by atoms with Gasteiger partial charge in [0.2, 0.25) is 0 Å². The van der Waals surface area contributed by atoms with Crippen LogP contribution in [0.3, 0.4) is 0 Å². The van der Waals surface area contributed by atoms with Gasteiger partial charge in [-0.25, -0.2) is 9.59 Å². The van der Waals surface area contributed by atoms with Gasteiger partial charge in [0, 0.05) is 10.8 Å². The van der Waals surface area contributed by atoms with Gasteiger partial charge in [-0.1, -0.05) is 18.2 Å². The van der Waals surface area contributed by atoms with Crippen LogP contribution in [0.4, 0.5) is 0 Å². The van der Waals surface area contributed by atoms with E-state index in [1.54, 1.807) is 25.3 Å². The molecular formula is C16H14N2O4. The molecule has 6 heteroatoms. The molecule has 0 aliphatic carbocycles. The van der Waals surface area contributed by atoms with Crippen molar-refractivity contribution in [2.75, 3.05) is 13.2 Å². The van der Waals surface area contributed by atoms with E-state index in [4.69, 9.17) is 9.47 Å². The van der Waals surface area contributed by atoms with Crippen molar-refractivity contribution in [2.24, 2.45) is 0 Å². The summed E-state index contributed by atoms with van der Waals surface area (Å²) in [5, 5.41) is 9.81. The molecule has 0 aliphatic heterocycles. The van der Waals surface area contributed by atoms with Gasteiger partial charge in [0.15, 0.2) is 6.61 Å². The number of nitrogens with one attached hydrogen (secondary N) is 1. The Hall–Kier alpha value is -2.89. The highest BCUT2D eigenvalue weighted by Gasteiger charge is 2.12. The zero-order chi connectivity index (χ0) is 15.5. The molecule has 1 N–H and O–H groups in total. The van der Waals surface area contributed by atoms with Crippen molar-refractivity contribution in [3.63, 3.8) is 0 Å². The van der Waals surface area contributed by atoms with Gasteiger partial charge in [0.1, 0.15) is 0 Å². The van der Waals surface area contributed by atoms with E-state index in [1.807, 2.05) is 18.2 Å². The zero-order valence-corrected chi connectivity index (χ0v) is 12.0. The lowest BCUT2D eigenvalue weighted by molar-refractivity contribution is -0.146. The Morgan fingerprint density at radius 3 is 2.77 bits per heavy atom. The normalized spacial score (nSPS) is 10.8. The number of esters is 2. The maximum absolute atomic E-state index is 12.0. The summed E-state index contributed by atoms with van der Waals surface area (Å²) < 4.78 is 9.64. The molecule has 2 aromatic carbocycles. The van der Waals surface area contributed by atoms with Gasteiger partial charge in [-0.2, -0.15) is 5.10 Å². The van der Waals surface area contributed by atoms with Crippen LogP contribution in [0.1, 0.15) is 17.3 Å². The third kappa shape index (κ3) is 2.63. The number of aromatic nitrogens is 2. The first kappa shape index (κ1) is 14.1. The van der Waals surface area contributed by atoms with E-state index in [0.29, 0.717) is 5.56 Å². The average molecular weight is 298 g/mol. The fraction of sp³-hybridized carbons (Fsp3) is 0.188. The minimum absolute atomic E-state index is 0.256. The van der Waals surface area contributed by atoms with Crippen LogP contribution in [0.25, 0.3) is 21.7 Å². The summed E-state index contributed by atoms with van der Waals surface area (Å²) in [5.74, 6) is -1.12. The Kier molecular flexibility index (Phi) is 3.74. The second-order valence-corrected chi connectivity index (χ2v) is 4.72. The molecule has 1 aromatic heterocycles. The summed E-state index contributed by atoms with van der Waals surface area (Å²) in [5.41, 5.74) is 1.31. The molecule has 0 aliphatic rings. The van der Waals surface area contributed by atoms with E-state index >= 15 is 0 Å². The number of aromatic amines is 1. The molecule has 1 heterocycles. The summed E-state index contributed by atoms with van der Waals surface area (Å²) in [4.78, 5) is 23.2. The molecule has 3 aromatic rings. The van der Waals surface area contributed by atoms with Crippen LogP contribution < -0.4 is 0 Å². The summed E-state index contributed by atoms with van der Waals surface area (Å²) in [7, 11) is 0. The monoisotopic (exact) mass is 298 g/mol. The van der Waals surface area contributed by atoms with Gasteiger partial charge in [-0.3, -0.25) is 5.10 Å². The number of hydrogen-bond acceptors (Lipinski definition) is 5. The molecule has 0 atom stereocenters. The van der Waals surface area contributed by atoms with Crippen LogP contribution in [0.15, 0.2) is 36.5 Å². The number of benzene rings is 2. The van der Waals surface area contributed by atoms with Gasteiger partial charge in [-0.05, 0) is 24.4 Å². The highest BCUT2D eigenvalue weighted by atomic mass is 16.6. The Morgan fingerprint density at radius 2 is 1.95 bits per heavy atom. The lowest BCUT2D eigenvalue weighted by Gasteiger charge is -2.06. The highest BCUT2D eigenvalue weighted by molar-refractivity contribution is 6.07. The topological polar surface area (TPSA) is 81.3 Å². The number of ether oxygens (including phenoxy) is 2. The molecule has 0 saturated heterocycles. The molecule has 3 rings (SSSR count). The van der Waals surface area contributed by atoms with Crippen LogP contribution >= 0.6 is 0 Å². The second-order valence-electron chi connectivity index (χ2n) is 4.72. The van der Waals surface area contributed by atoms with Crippen molar-refractivity contribution in [1.82, 2.24) is 10.2 Å². The summed E-state index contributed by atoms with van der Waals surface area (Å²) in [6.45, 7) is 1.57. The van der Waals surface area contributed by atoms with E-state index in [1.165, 1.54) is 0 Å². The first-order chi connectivity index (χ1) is 10.7. The van der Waals surface area contributed by atoms with Gasteiger partial charge in [-0.15, -0.1) is 0 Å². The highest BCUT2D eigenvalue weighted by Crippen LogP contribution is 2.24. The van der Waals surface area contributed by atoms with E-state index in [2.05, 4.69) is 10.2 Å². The summed E-state index contributed by atoms with van der Waals surface area (Å²) >= 11 is 0. The number of carbonyl (C=O) groups is 2. The lowest BCUT2D eigenvalue weighted by atomic mass is 10.0. The molecule has 0 unspecified atom stereocenters. The van der Waals surface area contributed by atoms with Crippen LogP contribution in [0.2, 0.25) is 0 Å². The molecule has 112 valence electrons. The van der Waals surface area contributed by atoms with E-state index in [-0.39, 0.29) is 13.2 Å².